The molecule has 18 heavy (non-hydrogen) atoms. The van der Waals surface area contributed by atoms with Crippen molar-refractivity contribution >= 4 is 0 Å². The summed E-state index contributed by atoms with van der Waals surface area (Å²) in [7, 11) is 2.29. The molecular formula is C16H32N2. The van der Waals surface area contributed by atoms with Crippen LogP contribution in [0.3, 0.4) is 0 Å². The standard InChI is InChI=1S/C16H32N2/c1-13-9-12-18(4)14(2)16(13,3)10-11-17-15-7-5-6-8-15/h13-15,17H,5-12H2,1-4H3. The lowest BCUT2D eigenvalue weighted by atomic mass is 9.66. The van der Waals surface area contributed by atoms with E-state index in [1.807, 2.05) is 0 Å². The minimum atomic E-state index is 0.485. The van der Waals surface area contributed by atoms with Crippen LogP contribution in [-0.4, -0.2) is 37.1 Å². The van der Waals surface area contributed by atoms with Crippen LogP contribution >= 0.6 is 0 Å². The Bertz CT molecular complexity index is 260. The first-order chi connectivity index (χ1) is 8.54. The molecule has 2 heteroatoms. The molecule has 1 aliphatic heterocycles. The molecule has 2 rings (SSSR count). The molecule has 1 saturated carbocycles. The van der Waals surface area contributed by atoms with Gasteiger partial charge in [-0.2, -0.15) is 0 Å². The number of nitrogens with zero attached hydrogens (tertiary/aromatic N) is 1. The molecule has 1 aliphatic carbocycles. The summed E-state index contributed by atoms with van der Waals surface area (Å²) < 4.78 is 0. The number of hydrogen-bond acceptors (Lipinski definition) is 2. The molecule has 2 fully saturated rings. The lowest BCUT2D eigenvalue weighted by molar-refractivity contribution is 0.000571. The van der Waals surface area contributed by atoms with Gasteiger partial charge in [0.25, 0.3) is 0 Å². The van der Waals surface area contributed by atoms with Crippen LogP contribution < -0.4 is 5.32 Å². The highest BCUT2D eigenvalue weighted by Gasteiger charge is 2.41. The summed E-state index contributed by atoms with van der Waals surface area (Å²) in [5.41, 5.74) is 0.485. The minimum Gasteiger partial charge on any atom is -0.314 e. The Kier molecular flexibility index (Phi) is 4.71. The molecule has 1 heterocycles. The van der Waals surface area contributed by atoms with Crippen molar-refractivity contribution in [1.29, 1.82) is 0 Å². The van der Waals surface area contributed by atoms with Crippen LogP contribution in [0.4, 0.5) is 0 Å². The molecule has 0 aromatic heterocycles. The van der Waals surface area contributed by atoms with E-state index >= 15 is 0 Å². The third kappa shape index (κ3) is 2.91. The molecule has 3 unspecified atom stereocenters. The van der Waals surface area contributed by atoms with Gasteiger partial charge in [0, 0.05) is 12.1 Å². The molecule has 2 nitrogen and oxygen atoms in total. The van der Waals surface area contributed by atoms with Crippen LogP contribution in [-0.2, 0) is 0 Å². The summed E-state index contributed by atoms with van der Waals surface area (Å²) in [6, 6.07) is 1.53. The first kappa shape index (κ1) is 14.3. The Hall–Kier alpha value is -0.0800. The van der Waals surface area contributed by atoms with Crippen LogP contribution in [0.5, 0.6) is 0 Å². The molecule has 0 radical (unpaired) electrons. The maximum Gasteiger partial charge on any atom is 0.0121 e. The monoisotopic (exact) mass is 252 g/mol. The van der Waals surface area contributed by atoms with E-state index < -0.39 is 0 Å². The molecule has 1 N–H and O–H groups in total. The van der Waals surface area contributed by atoms with E-state index in [9.17, 15) is 0 Å². The van der Waals surface area contributed by atoms with E-state index in [0.717, 1.165) is 12.0 Å². The van der Waals surface area contributed by atoms with Crippen LogP contribution in [0.15, 0.2) is 0 Å². The van der Waals surface area contributed by atoms with Crippen LogP contribution in [0.1, 0.15) is 59.3 Å². The van der Waals surface area contributed by atoms with Crippen molar-refractivity contribution in [3.05, 3.63) is 0 Å². The largest absolute Gasteiger partial charge is 0.314 e. The summed E-state index contributed by atoms with van der Waals surface area (Å²) in [4.78, 5) is 2.55. The summed E-state index contributed by atoms with van der Waals surface area (Å²) in [5, 5.41) is 3.79. The van der Waals surface area contributed by atoms with E-state index in [0.29, 0.717) is 11.5 Å². The van der Waals surface area contributed by atoms with Crippen molar-refractivity contribution in [2.24, 2.45) is 11.3 Å². The second kappa shape index (κ2) is 5.92. The van der Waals surface area contributed by atoms with Crippen molar-refractivity contribution in [3.63, 3.8) is 0 Å². The highest BCUT2D eigenvalue weighted by Crippen LogP contribution is 2.42. The number of nitrogens with one attached hydrogen (secondary N) is 1. The molecular weight excluding hydrogens is 220 g/mol. The Morgan fingerprint density at radius 3 is 2.50 bits per heavy atom. The van der Waals surface area contributed by atoms with Crippen molar-refractivity contribution in [1.82, 2.24) is 10.2 Å². The Morgan fingerprint density at radius 1 is 1.17 bits per heavy atom. The van der Waals surface area contributed by atoms with Gasteiger partial charge in [0.2, 0.25) is 0 Å². The number of hydrogen-bond donors (Lipinski definition) is 1. The Morgan fingerprint density at radius 2 is 1.83 bits per heavy atom. The zero-order chi connectivity index (χ0) is 13.2. The quantitative estimate of drug-likeness (QED) is 0.826. The Labute approximate surface area is 114 Å². The average Bonchev–Trinajstić information content (AvgIpc) is 2.85. The average molecular weight is 252 g/mol. The topological polar surface area (TPSA) is 15.3 Å². The van der Waals surface area contributed by atoms with Crippen molar-refractivity contribution < 1.29 is 0 Å². The normalized spacial score (nSPS) is 39.3. The summed E-state index contributed by atoms with van der Waals surface area (Å²) in [6.07, 6.45) is 8.37. The molecule has 3 atom stereocenters. The molecule has 2 aliphatic rings. The van der Waals surface area contributed by atoms with Crippen LogP contribution in [0.25, 0.3) is 0 Å². The van der Waals surface area contributed by atoms with Gasteiger partial charge in [0.1, 0.15) is 0 Å². The fourth-order valence-electron chi connectivity index (χ4n) is 3.97. The molecule has 0 aromatic carbocycles. The van der Waals surface area contributed by atoms with Gasteiger partial charge in [-0.05, 0) is 64.1 Å². The first-order valence-electron chi connectivity index (χ1n) is 7.97. The van der Waals surface area contributed by atoms with Gasteiger partial charge in [0.05, 0.1) is 0 Å². The van der Waals surface area contributed by atoms with Crippen molar-refractivity contribution in [2.45, 2.75) is 71.4 Å². The van der Waals surface area contributed by atoms with E-state index in [2.05, 4.69) is 38.0 Å². The van der Waals surface area contributed by atoms with Gasteiger partial charge in [-0.3, -0.25) is 0 Å². The van der Waals surface area contributed by atoms with Crippen LogP contribution in [0, 0.1) is 11.3 Å². The maximum absolute atomic E-state index is 3.79. The zero-order valence-corrected chi connectivity index (χ0v) is 12.8. The van der Waals surface area contributed by atoms with Gasteiger partial charge < -0.3 is 10.2 Å². The molecule has 0 amide bonds. The predicted molar refractivity (Wildman–Crippen MR) is 78.9 cm³/mol. The number of piperidine rings is 1. The summed E-state index contributed by atoms with van der Waals surface area (Å²) in [6.45, 7) is 9.87. The third-order valence-corrected chi connectivity index (χ3v) is 6.11. The highest BCUT2D eigenvalue weighted by atomic mass is 15.1. The molecule has 0 aromatic rings. The second-order valence-corrected chi connectivity index (χ2v) is 7.04. The van der Waals surface area contributed by atoms with Gasteiger partial charge in [-0.1, -0.05) is 26.7 Å². The molecule has 0 bridgehead atoms. The Balaban J connectivity index is 1.84. The van der Waals surface area contributed by atoms with E-state index in [1.54, 1.807) is 0 Å². The summed E-state index contributed by atoms with van der Waals surface area (Å²) >= 11 is 0. The van der Waals surface area contributed by atoms with Gasteiger partial charge in [-0.25, -0.2) is 0 Å². The van der Waals surface area contributed by atoms with Crippen molar-refractivity contribution in [3.8, 4) is 0 Å². The third-order valence-electron chi connectivity index (χ3n) is 6.11. The molecule has 106 valence electrons. The predicted octanol–water partition coefficient (Wildman–Crippen LogP) is 3.28. The number of likely N-dealkylation sites (tertiary alicyclic amines) is 1. The van der Waals surface area contributed by atoms with Gasteiger partial charge >= 0.3 is 0 Å². The van der Waals surface area contributed by atoms with Crippen molar-refractivity contribution in [2.75, 3.05) is 20.1 Å². The van der Waals surface area contributed by atoms with E-state index in [4.69, 9.17) is 0 Å². The lowest BCUT2D eigenvalue weighted by Crippen LogP contribution is -2.52. The van der Waals surface area contributed by atoms with Gasteiger partial charge in [0.15, 0.2) is 0 Å². The first-order valence-corrected chi connectivity index (χ1v) is 7.97. The molecule has 1 saturated heterocycles. The van der Waals surface area contributed by atoms with Gasteiger partial charge in [-0.15, -0.1) is 0 Å². The highest BCUT2D eigenvalue weighted by molar-refractivity contribution is 4.94. The zero-order valence-electron chi connectivity index (χ0n) is 12.8. The minimum absolute atomic E-state index is 0.485. The lowest BCUT2D eigenvalue weighted by Gasteiger charge is -2.50. The maximum atomic E-state index is 3.79. The van der Waals surface area contributed by atoms with Crippen LogP contribution in [0.2, 0.25) is 0 Å². The number of rotatable bonds is 4. The van der Waals surface area contributed by atoms with E-state index in [1.165, 1.54) is 51.6 Å². The smallest absolute Gasteiger partial charge is 0.0121 e. The second-order valence-electron chi connectivity index (χ2n) is 7.04. The fraction of sp³-hybridized carbons (Fsp3) is 1.00. The molecule has 0 spiro atoms. The SMILES string of the molecule is CC1CCN(C)C(C)C1(C)CCNC1CCCC1. The fourth-order valence-corrected chi connectivity index (χ4v) is 3.97. The summed E-state index contributed by atoms with van der Waals surface area (Å²) in [5.74, 6) is 0.856. The van der Waals surface area contributed by atoms with E-state index in [-0.39, 0.29) is 0 Å².